The Morgan fingerprint density at radius 1 is 1.23 bits per heavy atom. The molecular weight excluding hydrogens is 282 g/mol. The largest absolute Gasteiger partial charge is 0.339 e. The second-order valence-electron chi connectivity index (χ2n) is 5.86. The predicted molar refractivity (Wildman–Crippen MR) is 79.2 cm³/mol. The minimum atomic E-state index is 0.0982. The van der Waals surface area contributed by atoms with Crippen LogP contribution in [0.2, 0.25) is 0 Å². The minimum Gasteiger partial charge on any atom is -0.339 e. The van der Waals surface area contributed by atoms with Crippen molar-refractivity contribution in [3.05, 3.63) is 24.3 Å². The Hall–Kier alpha value is -2.38. The van der Waals surface area contributed by atoms with Crippen LogP contribution in [0.25, 0.3) is 0 Å². The first-order chi connectivity index (χ1) is 10.8. The van der Waals surface area contributed by atoms with Gasteiger partial charge in [0.1, 0.15) is 6.33 Å². The summed E-state index contributed by atoms with van der Waals surface area (Å²) in [5.74, 6) is 1.17. The van der Waals surface area contributed by atoms with Crippen LogP contribution in [-0.4, -0.2) is 61.9 Å². The number of carbonyl (C=O) groups excluding carboxylic acids is 1. The van der Waals surface area contributed by atoms with Crippen molar-refractivity contribution >= 4 is 11.9 Å². The number of anilines is 1. The summed E-state index contributed by atoms with van der Waals surface area (Å²) < 4.78 is 2.01. The number of piperazine rings is 1. The molecule has 4 rings (SSSR count). The molecule has 0 saturated carbocycles. The Kier molecular flexibility index (Phi) is 3.28. The van der Waals surface area contributed by atoms with Crippen molar-refractivity contribution in [3.8, 4) is 0 Å². The van der Waals surface area contributed by atoms with Crippen molar-refractivity contribution in [2.45, 2.75) is 19.4 Å². The molecule has 0 radical (unpaired) electrons. The van der Waals surface area contributed by atoms with Crippen molar-refractivity contribution in [1.82, 2.24) is 29.9 Å². The van der Waals surface area contributed by atoms with E-state index < -0.39 is 0 Å². The molecule has 8 nitrogen and oxygen atoms in total. The Labute approximate surface area is 128 Å². The van der Waals surface area contributed by atoms with Gasteiger partial charge >= 0.3 is 0 Å². The number of aryl methyl sites for hydroxylation is 1. The van der Waals surface area contributed by atoms with Gasteiger partial charge in [-0.1, -0.05) is 0 Å². The average molecular weight is 301 g/mol. The van der Waals surface area contributed by atoms with Crippen LogP contribution in [0.4, 0.5) is 5.95 Å². The van der Waals surface area contributed by atoms with Gasteiger partial charge in [0.05, 0.1) is 0 Å². The third-order valence-corrected chi connectivity index (χ3v) is 4.59. The fourth-order valence-electron chi connectivity index (χ4n) is 3.33. The van der Waals surface area contributed by atoms with E-state index in [-0.39, 0.29) is 11.8 Å². The Morgan fingerprint density at radius 2 is 2.09 bits per heavy atom. The fraction of sp³-hybridized carbons (Fsp3) is 0.571. The van der Waals surface area contributed by atoms with Crippen LogP contribution in [0, 0.1) is 5.92 Å². The molecule has 1 atom stereocenters. The van der Waals surface area contributed by atoms with Crippen LogP contribution in [0.5, 0.6) is 0 Å². The molecule has 1 N–H and O–H groups in total. The maximum atomic E-state index is 12.7. The lowest BCUT2D eigenvalue weighted by atomic mass is 9.94. The lowest BCUT2D eigenvalue weighted by molar-refractivity contribution is -0.136. The van der Waals surface area contributed by atoms with E-state index in [4.69, 9.17) is 0 Å². The molecule has 2 aliphatic rings. The lowest BCUT2D eigenvalue weighted by Gasteiger charge is -2.36. The molecule has 0 bridgehead atoms. The quantitative estimate of drug-likeness (QED) is 0.838. The monoisotopic (exact) mass is 301 g/mol. The normalized spacial score (nSPS) is 21.7. The summed E-state index contributed by atoms with van der Waals surface area (Å²) in [5.41, 5.74) is 1.17. The highest BCUT2D eigenvalue weighted by Crippen LogP contribution is 2.22. The number of hydrogen-bond donors (Lipinski definition) is 1. The zero-order valence-corrected chi connectivity index (χ0v) is 12.4. The number of carbonyl (C=O) groups is 1. The molecule has 2 aromatic rings. The van der Waals surface area contributed by atoms with Gasteiger partial charge in [0, 0.05) is 57.0 Å². The van der Waals surface area contributed by atoms with Gasteiger partial charge in [-0.2, -0.15) is 15.2 Å². The van der Waals surface area contributed by atoms with Gasteiger partial charge in [0.15, 0.2) is 0 Å². The Balaban J connectivity index is 1.37. The topological polar surface area (TPSA) is 82.9 Å². The lowest BCUT2D eigenvalue weighted by Crippen LogP contribution is -2.51. The summed E-state index contributed by atoms with van der Waals surface area (Å²) >= 11 is 0. The van der Waals surface area contributed by atoms with Gasteiger partial charge in [0.2, 0.25) is 11.9 Å². The number of rotatable bonds is 2. The number of fused-ring (bicyclic) bond motifs is 1. The zero-order valence-electron chi connectivity index (χ0n) is 12.4. The number of nitrogens with one attached hydrogen (secondary N) is 1. The van der Waals surface area contributed by atoms with Gasteiger partial charge in [-0.05, 0) is 12.5 Å². The van der Waals surface area contributed by atoms with E-state index in [1.54, 1.807) is 0 Å². The summed E-state index contributed by atoms with van der Waals surface area (Å²) in [4.78, 5) is 21.0. The molecule has 1 unspecified atom stereocenters. The maximum absolute atomic E-state index is 12.7. The summed E-state index contributed by atoms with van der Waals surface area (Å²) in [6.07, 6.45) is 5.02. The van der Waals surface area contributed by atoms with Gasteiger partial charge in [-0.3, -0.25) is 9.48 Å². The molecule has 116 valence electrons. The van der Waals surface area contributed by atoms with E-state index in [1.807, 2.05) is 21.8 Å². The van der Waals surface area contributed by atoms with Crippen molar-refractivity contribution in [2.24, 2.45) is 5.92 Å². The van der Waals surface area contributed by atoms with Crippen molar-refractivity contribution in [3.63, 3.8) is 0 Å². The van der Waals surface area contributed by atoms with E-state index in [1.165, 1.54) is 12.0 Å². The van der Waals surface area contributed by atoms with E-state index in [9.17, 15) is 4.79 Å². The van der Waals surface area contributed by atoms with E-state index in [0.29, 0.717) is 0 Å². The van der Waals surface area contributed by atoms with Gasteiger partial charge in [0.25, 0.3) is 0 Å². The first-order valence-corrected chi connectivity index (χ1v) is 7.71. The number of aromatic nitrogens is 5. The zero-order chi connectivity index (χ0) is 14.9. The van der Waals surface area contributed by atoms with E-state index in [2.05, 4.69) is 25.2 Å². The predicted octanol–water partition coefficient (Wildman–Crippen LogP) is -0.0876. The first-order valence-electron chi connectivity index (χ1n) is 7.71. The third kappa shape index (κ3) is 2.34. The van der Waals surface area contributed by atoms with Gasteiger partial charge in [-0.15, -0.1) is 0 Å². The first kappa shape index (κ1) is 13.3. The molecule has 2 aliphatic heterocycles. The van der Waals surface area contributed by atoms with E-state index >= 15 is 0 Å². The molecule has 1 saturated heterocycles. The molecular formula is C14H19N7O. The summed E-state index contributed by atoms with van der Waals surface area (Å²) in [7, 11) is 0. The SMILES string of the molecule is O=C(C1CCn2nccc2C1)N1CCN(c2ncn[nH]2)CC1. The highest BCUT2D eigenvalue weighted by molar-refractivity contribution is 5.79. The number of nitrogens with zero attached hydrogens (tertiary/aromatic N) is 6. The molecule has 1 fully saturated rings. The van der Waals surface area contributed by atoms with Crippen molar-refractivity contribution in [2.75, 3.05) is 31.1 Å². The molecule has 8 heteroatoms. The van der Waals surface area contributed by atoms with Crippen LogP contribution >= 0.6 is 0 Å². The van der Waals surface area contributed by atoms with Crippen molar-refractivity contribution in [1.29, 1.82) is 0 Å². The van der Waals surface area contributed by atoms with Crippen LogP contribution < -0.4 is 4.90 Å². The average Bonchev–Trinajstić information content (AvgIpc) is 3.25. The van der Waals surface area contributed by atoms with Gasteiger partial charge < -0.3 is 9.80 Å². The van der Waals surface area contributed by atoms with E-state index in [0.717, 1.165) is 51.5 Å². The van der Waals surface area contributed by atoms with Gasteiger partial charge in [-0.25, -0.2) is 5.10 Å². The third-order valence-electron chi connectivity index (χ3n) is 4.59. The summed E-state index contributed by atoms with van der Waals surface area (Å²) in [6.45, 7) is 3.93. The molecule has 0 aliphatic carbocycles. The minimum absolute atomic E-state index is 0.0982. The summed E-state index contributed by atoms with van der Waals surface area (Å²) in [6, 6.07) is 2.02. The van der Waals surface area contributed by atoms with Crippen LogP contribution in [0.1, 0.15) is 12.1 Å². The highest BCUT2D eigenvalue weighted by Gasteiger charge is 2.30. The summed E-state index contributed by atoms with van der Waals surface area (Å²) in [5, 5.41) is 11.0. The molecule has 1 amide bonds. The second-order valence-corrected chi connectivity index (χ2v) is 5.86. The Morgan fingerprint density at radius 3 is 2.86 bits per heavy atom. The van der Waals surface area contributed by atoms with Crippen LogP contribution in [0.3, 0.4) is 0 Å². The van der Waals surface area contributed by atoms with Crippen LogP contribution in [0.15, 0.2) is 18.6 Å². The molecule has 0 spiro atoms. The number of H-pyrrole nitrogens is 1. The Bertz CT molecular complexity index is 642. The molecule has 0 aromatic carbocycles. The fourth-order valence-corrected chi connectivity index (χ4v) is 3.33. The number of hydrogen-bond acceptors (Lipinski definition) is 5. The number of amides is 1. The number of aromatic amines is 1. The molecule has 2 aromatic heterocycles. The second kappa shape index (κ2) is 5.43. The standard InChI is InChI=1S/C14H19N7O/c22-13(11-2-4-21-12(9-11)1-3-17-21)19-5-7-20(8-6-19)14-15-10-16-18-14/h1,3,10-11H,2,4-9H2,(H,15,16,18). The molecule has 4 heterocycles. The highest BCUT2D eigenvalue weighted by atomic mass is 16.2. The van der Waals surface area contributed by atoms with Crippen LogP contribution in [-0.2, 0) is 17.8 Å². The van der Waals surface area contributed by atoms with Crippen molar-refractivity contribution < 1.29 is 4.79 Å². The molecule has 22 heavy (non-hydrogen) atoms. The smallest absolute Gasteiger partial charge is 0.226 e. The maximum Gasteiger partial charge on any atom is 0.226 e.